The van der Waals surface area contributed by atoms with Gasteiger partial charge in [-0.2, -0.15) is 0 Å². The maximum atomic E-state index is 12.2. The Balaban J connectivity index is 1.50. The molecule has 0 saturated heterocycles. The Hall–Kier alpha value is -2.30. The number of aliphatic carboxylic acids is 1. The minimum absolute atomic E-state index is 0.0351. The monoisotopic (exact) mass is 315 g/mol. The first-order valence-corrected chi connectivity index (χ1v) is 8.11. The molecule has 1 fully saturated rings. The molecular weight excluding hydrogens is 294 g/mol. The van der Waals surface area contributed by atoms with Crippen molar-refractivity contribution in [3.05, 3.63) is 36.1 Å². The molecule has 1 heterocycles. The lowest BCUT2D eigenvalue weighted by Crippen LogP contribution is -2.36. The molecule has 0 aliphatic heterocycles. The van der Waals surface area contributed by atoms with Gasteiger partial charge in [0.1, 0.15) is 11.3 Å². The van der Waals surface area contributed by atoms with Gasteiger partial charge in [0.2, 0.25) is 5.91 Å². The topological polar surface area (TPSA) is 79.5 Å². The van der Waals surface area contributed by atoms with Crippen LogP contribution < -0.4 is 5.32 Å². The van der Waals surface area contributed by atoms with E-state index in [1.54, 1.807) is 0 Å². The predicted molar refractivity (Wildman–Crippen MR) is 86.0 cm³/mol. The van der Waals surface area contributed by atoms with Crippen molar-refractivity contribution >= 4 is 22.8 Å². The predicted octanol–water partition coefficient (Wildman–Crippen LogP) is 2.98. The van der Waals surface area contributed by atoms with Gasteiger partial charge in [0, 0.05) is 24.3 Å². The Morgan fingerprint density at radius 2 is 2.00 bits per heavy atom. The molecule has 0 unspecified atom stereocenters. The van der Waals surface area contributed by atoms with E-state index < -0.39 is 5.97 Å². The van der Waals surface area contributed by atoms with Gasteiger partial charge in [-0.25, -0.2) is 0 Å². The molecule has 1 aliphatic rings. The highest BCUT2D eigenvalue weighted by molar-refractivity contribution is 5.80. The molecule has 0 bridgehead atoms. The van der Waals surface area contributed by atoms with Gasteiger partial charge in [0.15, 0.2) is 0 Å². The van der Waals surface area contributed by atoms with E-state index in [1.807, 2.05) is 30.3 Å². The van der Waals surface area contributed by atoms with Crippen LogP contribution in [0.15, 0.2) is 34.7 Å². The zero-order valence-electron chi connectivity index (χ0n) is 13.0. The summed E-state index contributed by atoms with van der Waals surface area (Å²) in [6.07, 6.45) is 3.35. The van der Waals surface area contributed by atoms with E-state index in [1.165, 1.54) is 0 Å². The van der Waals surface area contributed by atoms with Crippen LogP contribution in [-0.2, 0) is 16.0 Å². The lowest BCUT2D eigenvalue weighted by Gasteiger charge is -2.25. The largest absolute Gasteiger partial charge is 0.481 e. The van der Waals surface area contributed by atoms with Crippen LogP contribution in [0, 0.1) is 11.8 Å². The molecule has 23 heavy (non-hydrogen) atoms. The highest BCUT2D eigenvalue weighted by Crippen LogP contribution is 2.29. The van der Waals surface area contributed by atoms with Gasteiger partial charge in [-0.3, -0.25) is 9.59 Å². The number of amides is 1. The highest BCUT2D eigenvalue weighted by atomic mass is 16.4. The van der Waals surface area contributed by atoms with Crippen LogP contribution >= 0.6 is 0 Å². The molecule has 1 amide bonds. The summed E-state index contributed by atoms with van der Waals surface area (Å²) >= 11 is 0. The van der Waals surface area contributed by atoms with Gasteiger partial charge >= 0.3 is 5.97 Å². The molecule has 2 N–H and O–H groups in total. The van der Waals surface area contributed by atoms with Gasteiger partial charge in [-0.15, -0.1) is 0 Å². The second kappa shape index (κ2) is 6.86. The summed E-state index contributed by atoms with van der Waals surface area (Å²) in [5.74, 6) is -0.536. The quantitative estimate of drug-likeness (QED) is 0.889. The van der Waals surface area contributed by atoms with Crippen LogP contribution in [0.1, 0.15) is 31.4 Å². The van der Waals surface area contributed by atoms with E-state index in [-0.39, 0.29) is 17.7 Å². The number of carbonyl (C=O) groups is 2. The number of carbonyl (C=O) groups excluding carboxylic acids is 1. The van der Waals surface area contributed by atoms with Crippen LogP contribution in [0.4, 0.5) is 0 Å². The van der Waals surface area contributed by atoms with E-state index in [2.05, 4.69) is 5.32 Å². The molecule has 3 rings (SSSR count). The third kappa shape index (κ3) is 3.73. The van der Waals surface area contributed by atoms with Crippen molar-refractivity contribution in [3.63, 3.8) is 0 Å². The lowest BCUT2D eigenvalue weighted by atomic mass is 9.81. The van der Waals surface area contributed by atoms with Crippen molar-refractivity contribution in [2.45, 2.75) is 32.1 Å². The maximum absolute atomic E-state index is 12.2. The summed E-state index contributed by atoms with van der Waals surface area (Å²) in [5, 5.41) is 13.1. The Morgan fingerprint density at radius 1 is 1.22 bits per heavy atom. The van der Waals surface area contributed by atoms with Crippen molar-refractivity contribution in [3.8, 4) is 0 Å². The fourth-order valence-corrected chi connectivity index (χ4v) is 3.27. The summed E-state index contributed by atoms with van der Waals surface area (Å²) in [6.45, 7) is 0.507. The number of hydrogen-bond donors (Lipinski definition) is 2. The zero-order chi connectivity index (χ0) is 16.2. The standard InChI is InChI=1S/C18H21NO4/c20-17(13-5-3-6-14(10-13)18(21)22)19-9-8-15-11-12-4-1-2-7-16(12)23-15/h1-2,4,7,11,13-14H,3,5-6,8-10H2,(H,19,20)(H,21,22)/t13-,14+/m1/s1. The molecule has 1 saturated carbocycles. The fourth-order valence-electron chi connectivity index (χ4n) is 3.27. The van der Waals surface area contributed by atoms with E-state index in [0.717, 1.165) is 29.6 Å². The number of fused-ring (bicyclic) bond motifs is 1. The van der Waals surface area contributed by atoms with Gasteiger partial charge in [-0.05, 0) is 31.4 Å². The summed E-state index contributed by atoms with van der Waals surface area (Å²) in [5.41, 5.74) is 0.852. The summed E-state index contributed by atoms with van der Waals surface area (Å²) in [4.78, 5) is 23.3. The Kier molecular flexibility index (Phi) is 4.65. The molecule has 1 aromatic heterocycles. The molecule has 5 nitrogen and oxygen atoms in total. The number of rotatable bonds is 5. The molecule has 122 valence electrons. The number of nitrogens with one attached hydrogen (secondary N) is 1. The first kappa shape index (κ1) is 15.6. The number of hydrogen-bond acceptors (Lipinski definition) is 3. The van der Waals surface area contributed by atoms with Crippen LogP contribution in [0.3, 0.4) is 0 Å². The van der Waals surface area contributed by atoms with Crippen molar-refractivity contribution in [1.29, 1.82) is 0 Å². The van der Waals surface area contributed by atoms with Crippen LogP contribution in [0.5, 0.6) is 0 Å². The van der Waals surface area contributed by atoms with E-state index in [9.17, 15) is 9.59 Å². The first-order chi connectivity index (χ1) is 11.1. The SMILES string of the molecule is O=C(O)[C@H]1CCC[C@@H](C(=O)NCCc2cc3ccccc3o2)C1. The van der Waals surface area contributed by atoms with Crippen molar-refractivity contribution in [2.24, 2.45) is 11.8 Å². The number of para-hydroxylation sites is 1. The Bertz CT molecular complexity index is 673. The molecular formula is C18H21NO4. The van der Waals surface area contributed by atoms with Crippen LogP contribution in [0.25, 0.3) is 11.0 Å². The summed E-state index contributed by atoms with van der Waals surface area (Å²) in [6, 6.07) is 9.80. The van der Waals surface area contributed by atoms with E-state index in [4.69, 9.17) is 9.52 Å². The maximum Gasteiger partial charge on any atom is 0.306 e. The molecule has 2 atom stereocenters. The Labute approximate surface area is 134 Å². The van der Waals surface area contributed by atoms with Crippen LogP contribution in [-0.4, -0.2) is 23.5 Å². The van der Waals surface area contributed by atoms with Crippen molar-refractivity contribution < 1.29 is 19.1 Å². The number of carboxylic acids is 1. The second-order valence-corrected chi connectivity index (χ2v) is 6.19. The summed E-state index contributed by atoms with van der Waals surface area (Å²) in [7, 11) is 0. The number of furan rings is 1. The van der Waals surface area contributed by atoms with E-state index >= 15 is 0 Å². The normalized spacial score (nSPS) is 21.2. The fraction of sp³-hybridized carbons (Fsp3) is 0.444. The average Bonchev–Trinajstić information content (AvgIpc) is 2.97. The second-order valence-electron chi connectivity index (χ2n) is 6.19. The highest BCUT2D eigenvalue weighted by Gasteiger charge is 2.30. The Morgan fingerprint density at radius 3 is 2.78 bits per heavy atom. The van der Waals surface area contributed by atoms with Gasteiger partial charge < -0.3 is 14.8 Å². The number of carboxylic acid groups (broad SMARTS) is 1. The van der Waals surface area contributed by atoms with Gasteiger partial charge in [0.25, 0.3) is 0 Å². The molecule has 0 radical (unpaired) electrons. The van der Waals surface area contributed by atoms with Gasteiger partial charge in [0.05, 0.1) is 5.92 Å². The molecule has 0 spiro atoms. The number of benzene rings is 1. The zero-order valence-corrected chi connectivity index (χ0v) is 13.0. The summed E-state index contributed by atoms with van der Waals surface area (Å²) < 4.78 is 5.71. The third-order valence-corrected chi connectivity index (χ3v) is 4.54. The molecule has 1 aliphatic carbocycles. The smallest absolute Gasteiger partial charge is 0.306 e. The van der Waals surface area contributed by atoms with Crippen molar-refractivity contribution in [1.82, 2.24) is 5.32 Å². The molecule has 1 aromatic carbocycles. The lowest BCUT2D eigenvalue weighted by molar-refractivity contribution is -0.144. The van der Waals surface area contributed by atoms with Crippen LogP contribution in [0.2, 0.25) is 0 Å². The minimum Gasteiger partial charge on any atom is -0.481 e. The van der Waals surface area contributed by atoms with E-state index in [0.29, 0.717) is 25.8 Å². The first-order valence-electron chi connectivity index (χ1n) is 8.11. The molecule has 5 heteroatoms. The molecule has 2 aromatic rings. The average molecular weight is 315 g/mol. The van der Waals surface area contributed by atoms with Gasteiger partial charge in [-0.1, -0.05) is 24.6 Å². The van der Waals surface area contributed by atoms with Crippen molar-refractivity contribution in [2.75, 3.05) is 6.54 Å². The third-order valence-electron chi connectivity index (χ3n) is 4.54. The minimum atomic E-state index is -0.787.